The van der Waals surface area contributed by atoms with Crippen LogP contribution in [0, 0.1) is 5.82 Å². The van der Waals surface area contributed by atoms with E-state index in [1.54, 1.807) is 0 Å². The average molecular weight is 271 g/mol. The van der Waals surface area contributed by atoms with Crippen molar-refractivity contribution >= 4 is 11.8 Å². The number of amides is 2. The molecule has 2 amide bonds. The van der Waals surface area contributed by atoms with Crippen molar-refractivity contribution in [1.82, 2.24) is 4.90 Å². The van der Waals surface area contributed by atoms with Crippen LogP contribution in [-0.2, 0) is 6.54 Å². The van der Waals surface area contributed by atoms with Crippen LogP contribution in [0.15, 0.2) is 42.5 Å². The number of imide groups is 1. The molecule has 2 aromatic rings. The van der Waals surface area contributed by atoms with Crippen LogP contribution >= 0.6 is 0 Å². The lowest BCUT2D eigenvalue weighted by molar-refractivity contribution is 0.0641. The van der Waals surface area contributed by atoms with Crippen molar-refractivity contribution in [1.29, 1.82) is 0 Å². The highest BCUT2D eigenvalue weighted by Gasteiger charge is 2.37. The quantitative estimate of drug-likeness (QED) is 0.853. The Kier molecular flexibility index (Phi) is 2.75. The van der Waals surface area contributed by atoms with Gasteiger partial charge in [-0.05, 0) is 29.8 Å². The number of phenolic OH excluding ortho intramolecular Hbond substituents is 1. The number of benzene rings is 2. The molecule has 0 aromatic heterocycles. The van der Waals surface area contributed by atoms with Crippen molar-refractivity contribution in [3.05, 3.63) is 65.0 Å². The Labute approximate surface area is 114 Å². The summed E-state index contributed by atoms with van der Waals surface area (Å²) >= 11 is 0. The molecule has 0 radical (unpaired) electrons. The standard InChI is InChI=1S/C15H10FNO3/c16-10-6-4-9(5-7-10)8-17-14(19)11-2-1-3-12(18)13(11)15(17)20/h1-7,18H,8H2. The van der Waals surface area contributed by atoms with E-state index in [9.17, 15) is 19.1 Å². The molecule has 0 aliphatic carbocycles. The molecule has 0 unspecified atom stereocenters. The van der Waals surface area contributed by atoms with Gasteiger partial charge in [-0.3, -0.25) is 14.5 Å². The molecule has 0 atom stereocenters. The van der Waals surface area contributed by atoms with E-state index < -0.39 is 11.8 Å². The second-order valence-electron chi connectivity index (χ2n) is 4.52. The number of nitrogens with zero attached hydrogens (tertiary/aromatic N) is 1. The fraction of sp³-hybridized carbons (Fsp3) is 0.0667. The highest BCUT2D eigenvalue weighted by atomic mass is 19.1. The van der Waals surface area contributed by atoms with E-state index in [0.29, 0.717) is 5.56 Å². The summed E-state index contributed by atoms with van der Waals surface area (Å²) in [5.41, 5.74) is 0.858. The van der Waals surface area contributed by atoms with Crippen molar-refractivity contribution in [3.63, 3.8) is 0 Å². The van der Waals surface area contributed by atoms with Crippen LogP contribution in [0.2, 0.25) is 0 Å². The first-order chi connectivity index (χ1) is 9.58. The third-order valence-electron chi connectivity index (χ3n) is 3.23. The van der Waals surface area contributed by atoms with Gasteiger partial charge >= 0.3 is 0 Å². The van der Waals surface area contributed by atoms with Crippen molar-refractivity contribution in [3.8, 4) is 5.75 Å². The molecule has 20 heavy (non-hydrogen) atoms. The molecule has 0 saturated carbocycles. The molecule has 0 saturated heterocycles. The van der Waals surface area contributed by atoms with Crippen LogP contribution in [0.4, 0.5) is 4.39 Å². The summed E-state index contributed by atoms with van der Waals surface area (Å²) in [6, 6.07) is 9.94. The van der Waals surface area contributed by atoms with E-state index in [0.717, 1.165) is 4.90 Å². The zero-order chi connectivity index (χ0) is 14.3. The Morgan fingerprint density at radius 1 is 1.00 bits per heavy atom. The fourth-order valence-electron chi connectivity index (χ4n) is 2.23. The van der Waals surface area contributed by atoms with Gasteiger partial charge in [0.1, 0.15) is 11.6 Å². The zero-order valence-electron chi connectivity index (χ0n) is 10.3. The van der Waals surface area contributed by atoms with Gasteiger partial charge in [0.15, 0.2) is 0 Å². The summed E-state index contributed by atoms with van der Waals surface area (Å²) < 4.78 is 12.8. The molecule has 2 aromatic carbocycles. The van der Waals surface area contributed by atoms with Crippen molar-refractivity contribution in [2.24, 2.45) is 0 Å². The van der Waals surface area contributed by atoms with Gasteiger partial charge in [-0.1, -0.05) is 18.2 Å². The molecular formula is C15H10FNO3. The van der Waals surface area contributed by atoms with Crippen LogP contribution in [0.3, 0.4) is 0 Å². The second kappa shape index (κ2) is 4.45. The molecular weight excluding hydrogens is 261 g/mol. The van der Waals surface area contributed by atoms with Crippen molar-refractivity contribution in [2.45, 2.75) is 6.54 Å². The minimum Gasteiger partial charge on any atom is -0.507 e. The van der Waals surface area contributed by atoms with Crippen LogP contribution in [-0.4, -0.2) is 21.8 Å². The van der Waals surface area contributed by atoms with Gasteiger partial charge in [-0.15, -0.1) is 0 Å². The Bertz CT molecular complexity index is 710. The number of aromatic hydroxyl groups is 1. The molecule has 0 spiro atoms. The number of fused-ring (bicyclic) bond motifs is 1. The predicted molar refractivity (Wildman–Crippen MR) is 68.7 cm³/mol. The minimum absolute atomic E-state index is 0.0274. The molecule has 1 aliphatic rings. The maximum Gasteiger partial charge on any atom is 0.265 e. The molecule has 3 rings (SSSR count). The summed E-state index contributed by atoms with van der Waals surface area (Å²) in [6.45, 7) is 0.0477. The summed E-state index contributed by atoms with van der Waals surface area (Å²) in [7, 11) is 0. The van der Waals surface area contributed by atoms with Crippen LogP contribution in [0.25, 0.3) is 0 Å². The van der Waals surface area contributed by atoms with E-state index in [1.165, 1.54) is 42.5 Å². The Morgan fingerprint density at radius 2 is 1.70 bits per heavy atom. The van der Waals surface area contributed by atoms with E-state index in [1.807, 2.05) is 0 Å². The zero-order valence-corrected chi connectivity index (χ0v) is 10.3. The molecule has 0 bridgehead atoms. The average Bonchev–Trinajstić information content (AvgIpc) is 2.67. The van der Waals surface area contributed by atoms with Gasteiger partial charge in [0.2, 0.25) is 0 Å². The summed E-state index contributed by atoms with van der Waals surface area (Å²) in [4.78, 5) is 25.4. The molecule has 5 heteroatoms. The smallest absolute Gasteiger partial charge is 0.265 e. The lowest BCUT2D eigenvalue weighted by atomic mass is 10.1. The number of carbonyl (C=O) groups excluding carboxylic acids is 2. The SMILES string of the molecule is O=C1c2cccc(O)c2C(=O)N1Cc1ccc(F)cc1. The fourth-order valence-corrected chi connectivity index (χ4v) is 2.23. The summed E-state index contributed by atoms with van der Waals surface area (Å²) in [5.74, 6) is -1.58. The number of halogens is 1. The third-order valence-corrected chi connectivity index (χ3v) is 3.23. The highest BCUT2D eigenvalue weighted by Crippen LogP contribution is 2.30. The molecule has 1 N–H and O–H groups in total. The number of hydrogen-bond donors (Lipinski definition) is 1. The molecule has 100 valence electrons. The van der Waals surface area contributed by atoms with Gasteiger partial charge in [0, 0.05) is 0 Å². The Hall–Kier alpha value is -2.69. The lowest BCUT2D eigenvalue weighted by Crippen LogP contribution is -2.29. The van der Waals surface area contributed by atoms with Crippen molar-refractivity contribution < 1.29 is 19.1 Å². The number of rotatable bonds is 2. The summed E-state index contributed by atoms with van der Waals surface area (Å²) in [6.07, 6.45) is 0. The van der Waals surface area contributed by atoms with E-state index >= 15 is 0 Å². The maximum absolute atomic E-state index is 12.8. The van der Waals surface area contributed by atoms with Crippen LogP contribution in [0.1, 0.15) is 26.3 Å². The minimum atomic E-state index is -0.535. The predicted octanol–water partition coefficient (Wildman–Crippen LogP) is 2.33. The van der Waals surface area contributed by atoms with Gasteiger partial charge in [0.25, 0.3) is 11.8 Å². The van der Waals surface area contributed by atoms with Gasteiger partial charge in [0.05, 0.1) is 17.7 Å². The van der Waals surface area contributed by atoms with E-state index in [2.05, 4.69) is 0 Å². The summed E-state index contributed by atoms with van der Waals surface area (Å²) in [5, 5.41) is 9.69. The lowest BCUT2D eigenvalue weighted by Gasteiger charge is -2.13. The second-order valence-corrected chi connectivity index (χ2v) is 4.52. The number of carbonyl (C=O) groups is 2. The first-order valence-corrected chi connectivity index (χ1v) is 6.00. The van der Waals surface area contributed by atoms with Crippen LogP contribution in [0.5, 0.6) is 5.75 Å². The Morgan fingerprint density at radius 3 is 2.35 bits per heavy atom. The molecule has 1 heterocycles. The van der Waals surface area contributed by atoms with E-state index in [-0.39, 0.29) is 29.2 Å². The first kappa shape index (κ1) is 12.3. The Balaban J connectivity index is 1.94. The molecule has 1 aliphatic heterocycles. The third kappa shape index (κ3) is 1.84. The topological polar surface area (TPSA) is 57.6 Å². The highest BCUT2D eigenvalue weighted by molar-refractivity contribution is 6.22. The van der Waals surface area contributed by atoms with E-state index in [4.69, 9.17) is 0 Å². The first-order valence-electron chi connectivity index (χ1n) is 6.00. The number of hydrogen-bond acceptors (Lipinski definition) is 3. The van der Waals surface area contributed by atoms with Crippen molar-refractivity contribution in [2.75, 3.05) is 0 Å². The maximum atomic E-state index is 12.8. The van der Waals surface area contributed by atoms with Crippen LogP contribution < -0.4 is 0 Å². The van der Waals surface area contributed by atoms with Gasteiger partial charge in [-0.2, -0.15) is 0 Å². The molecule has 0 fully saturated rings. The van der Waals surface area contributed by atoms with Gasteiger partial charge in [-0.25, -0.2) is 4.39 Å². The van der Waals surface area contributed by atoms with Gasteiger partial charge < -0.3 is 5.11 Å². The largest absolute Gasteiger partial charge is 0.507 e. The number of phenols is 1. The molecule has 4 nitrogen and oxygen atoms in total. The monoisotopic (exact) mass is 271 g/mol. The normalized spacial score (nSPS) is 13.8.